The van der Waals surface area contributed by atoms with E-state index in [1.54, 1.807) is 13.0 Å². The largest absolute Gasteiger partial charge is 0.302 e. The minimum Gasteiger partial charge on any atom is -0.302 e. The summed E-state index contributed by atoms with van der Waals surface area (Å²) >= 11 is 1.27. The van der Waals surface area contributed by atoms with E-state index in [4.69, 9.17) is 0 Å². The van der Waals surface area contributed by atoms with E-state index in [1.165, 1.54) is 30.0 Å². The molecule has 0 spiro atoms. The first-order valence-electron chi connectivity index (χ1n) is 6.15. The van der Waals surface area contributed by atoms with Crippen molar-refractivity contribution in [2.75, 3.05) is 0 Å². The third-order valence-corrected chi connectivity index (χ3v) is 4.00. The SMILES string of the molecule is C=CCn1c(C)nnc1SC(C)c1c(F)cccc1F. The third kappa shape index (κ3) is 2.90. The van der Waals surface area contributed by atoms with Gasteiger partial charge in [-0.15, -0.1) is 16.8 Å². The van der Waals surface area contributed by atoms with Gasteiger partial charge in [0.2, 0.25) is 0 Å². The maximum Gasteiger partial charge on any atom is 0.192 e. The molecule has 3 nitrogen and oxygen atoms in total. The number of aromatic nitrogens is 3. The monoisotopic (exact) mass is 295 g/mol. The second-order valence-corrected chi connectivity index (χ2v) is 5.63. The van der Waals surface area contributed by atoms with Gasteiger partial charge in [-0.2, -0.15) is 0 Å². The van der Waals surface area contributed by atoms with Crippen LogP contribution < -0.4 is 0 Å². The van der Waals surface area contributed by atoms with Crippen molar-refractivity contribution in [3.8, 4) is 0 Å². The number of aryl methyl sites for hydroxylation is 1. The topological polar surface area (TPSA) is 30.7 Å². The average Bonchev–Trinajstić information content (AvgIpc) is 2.72. The molecule has 0 saturated heterocycles. The van der Waals surface area contributed by atoms with E-state index in [-0.39, 0.29) is 5.56 Å². The summed E-state index contributed by atoms with van der Waals surface area (Å²) in [5, 5.41) is 8.25. The normalized spacial score (nSPS) is 12.4. The smallest absolute Gasteiger partial charge is 0.192 e. The van der Waals surface area contributed by atoms with Crippen LogP contribution in [0, 0.1) is 18.6 Å². The van der Waals surface area contributed by atoms with Crippen LogP contribution in [0.1, 0.15) is 23.6 Å². The fourth-order valence-corrected chi connectivity index (χ4v) is 2.99. The molecule has 0 fully saturated rings. The van der Waals surface area contributed by atoms with E-state index in [1.807, 2.05) is 11.5 Å². The molecule has 20 heavy (non-hydrogen) atoms. The van der Waals surface area contributed by atoms with Gasteiger partial charge in [0.1, 0.15) is 17.5 Å². The van der Waals surface area contributed by atoms with Crippen molar-refractivity contribution in [2.24, 2.45) is 0 Å². The molecule has 2 aromatic rings. The van der Waals surface area contributed by atoms with Crippen molar-refractivity contribution >= 4 is 11.8 Å². The molecule has 0 saturated carbocycles. The minimum atomic E-state index is -0.545. The zero-order valence-corrected chi connectivity index (χ0v) is 12.1. The van der Waals surface area contributed by atoms with Gasteiger partial charge in [-0.1, -0.05) is 23.9 Å². The molecule has 0 radical (unpaired) electrons. The lowest BCUT2D eigenvalue weighted by Gasteiger charge is -2.13. The highest BCUT2D eigenvalue weighted by Gasteiger charge is 2.20. The Morgan fingerprint density at radius 3 is 2.60 bits per heavy atom. The van der Waals surface area contributed by atoms with Gasteiger partial charge in [-0.3, -0.25) is 0 Å². The van der Waals surface area contributed by atoms with E-state index >= 15 is 0 Å². The molecule has 1 heterocycles. The zero-order valence-electron chi connectivity index (χ0n) is 11.3. The molecular weight excluding hydrogens is 280 g/mol. The highest BCUT2D eigenvalue weighted by Crippen LogP contribution is 2.36. The average molecular weight is 295 g/mol. The van der Waals surface area contributed by atoms with E-state index in [9.17, 15) is 8.78 Å². The predicted molar refractivity (Wildman–Crippen MR) is 75.6 cm³/mol. The lowest BCUT2D eigenvalue weighted by Crippen LogP contribution is -2.03. The fourth-order valence-electron chi connectivity index (χ4n) is 1.90. The number of benzene rings is 1. The van der Waals surface area contributed by atoms with Crippen LogP contribution in [-0.2, 0) is 6.54 Å². The van der Waals surface area contributed by atoms with Gasteiger partial charge in [0, 0.05) is 17.4 Å². The van der Waals surface area contributed by atoms with Gasteiger partial charge in [0.25, 0.3) is 0 Å². The first kappa shape index (κ1) is 14.7. The summed E-state index contributed by atoms with van der Waals surface area (Å²) < 4.78 is 29.3. The van der Waals surface area contributed by atoms with Crippen molar-refractivity contribution in [1.29, 1.82) is 0 Å². The second-order valence-electron chi connectivity index (χ2n) is 4.32. The van der Waals surface area contributed by atoms with Crippen molar-refractivity contribution in [3.63, 3.8) is 0 Å². The van der Waals surface area contributed by atoms with E-state index in [0.29, 0.717) is 11.7 Å². The molecule has 0 N–H and O–H groups in total. The predicted octanol–water partition coefficient (Wildman–Crippen LogP) is 3.90. The molecular formula is C14H15F2N3S. The Balaban J connectivity index is 2.28. The molecule has 0 amide bonds. The summed E-state index contributed by atoms with van der Waals surface area (Å²) in [4.78, 5) is 0. The number of halogens is 2. The first-order valence-corrected chi connectivity index (χ1v) is 7.03. The molecule has 106 valence electrons. The minimum absolute atomic E-state index is 0.0586. The second kappa shape index (κ2) is 6.17. The quantitative estimate of drug-likeness (QED) is 0.619. The van der Waals surface area contributed by atoms with Gasteiger partial charge in [0.05, 0.1) is 0 Å². The van der Waals surface area contributed by atoms with Crippen LogP contribution >= 0.6 is 11.8 Å². The van der Waals surface area contributed by atoms with Gasteiger partial charge >= 0.3 is 0 Å². The summed E-state index contributed by atoms with van der Waals surface area (Å²) in [5.41, 5.74) is 0.0586. The maximum atomic E-state index is 13.7. The Bertz CT molecular complexity index is 605. The van der Waals surface area contributed by atoms with Crippen LogP contribution in [0.2, 0.25) is 0 Å². The lowest BCUT2D eigenvalue weighted by atomic mass is 10.1. The van der Waals surface area contributed by atoms with Crippen molar-refractivity contribution in [2.45, 2.75) is 30.8 Å². The molecule has 6 heteroatoms. The molecule has 1 aromatic carbocycles. The van der Waals surface area contributed by atoms with E-state index in [2.05, 4.69) is 16.8 Å². The highest BCUT2D eigenvalue weighted by atomic mass is 32.2. The Morgan fingerprint density at radius 2 is 2.00 bits per heavy atom. The summed E-state index contributed by atoms with van der Waals surface area (Å²) in [7, 11) is 0. The van der Waals surface area contributed by atoms with Crippen LogP contribution in [0.3, 0.4) is 0 Å². The summed E-state index contributed by atoms with van der Waals surface area (Å²) in [6, 6.07) is 3.88. The third-order valence-electron chi connectivity index (χ3n) is 2.90. The van der Waals surface area contributed by atoms with Gasteiger partial charge in [-0.25, -0.2) is 8.78 Å². The standard InChI is InChI=1S/C14H15F2N3S/c1-4-8-19-10(3)17-18-14(19)20-9(2)13-11(15)6-5-7-12(13)16/h4-7,9H,1,8H2,2-3H3. The molecule has 0 bridgehead atoms. The van der Waals surface area contributed by atoms with Crippen LogP contribution in [-0.4, -0.2) is 14.8 Å². The molecule has 1 aromatic heterocycles. The van der Waals surface area contributed by atoms with E-state index < -0.39 is 16.9 Å². The lowest BCUT2D eigenvalue weighted by molar-refractivity contribution is 0.557. The molecule has 0 aliphatic carbocycles. The van der Waals surface area contributed by atoms with Gasteiger partial charge in [0.15, 0.2) is 5.16 Å². The molecule has 0 aliphatic rings. The number of hydrogen-bond acceptors (Lipinski definition) is 3. The van der Waals surface area contributed by atoms with Crippen LogP contribution in [0.5, 0.6) is 0 Å². The Hall–Kier alpha value is -1.69. The number of allylic oxidation sites excluding steroid dienone is 1. The number of rotatable bonds is 5. The Morgan fingerprint density at radius 1 is 1.35 bits per heavy atom. The highest BCUT2D eigenvalue weighted by molar-refractivity contribution is 7.99. The Kier molecular flexibility index (Phi) is 4.54. The fraction of sp³-hybridized carbons (Fsp3) is 0.286. The van der Waals surface area contributed by atoms with Gasteiger partial charge < -0.3 is 4.57 Å². The number of thioether (sulfide) groups is 1. The Labute approximate surface area is 120 Å². The van der Waals surface area contributed by atoms with Crippen LogP contribution in [0.4, 0.5) is 8.78 Å². The van der Waals surface area contributed by atoms with Crippen molar-refractivity contribution < 1.29 is 8.78 Å². The first-order chi connectivity index (χ1) is 9.54. The molecule has 1 unspecified atom stereocenters. The molecule has 1 atom stereocenters. The number of nitrogens with zero attached hydrogens (tertiary/aromatic N) is 3. The summed E-state index contributed by atoms with van der Waals surface area (Å²) in [5.74, 6) is -0.346. The van der Waals surface area contributed by atoms with Crippen molar-refractivity contribution in [1.82, 2.24) is 14.8 Å². The zero-order chi connectivity index (χ0) is 14.7. The summed E-state index contributed by atoms with van der Waals surface area (Å²) in [6.45, 7) is 7.81. The maximum absolute atomic E-state index is 13.7. The van der Waals surface area contributed by atoms with Crippen LogP contribution in [0.15, 0.2) is 36.0 Å². The van der Waals surface area contributed by atoms with Crippen LogP contribution in [0.25, 0.3) is 0 Å². The van der Waals surface area contributed by atoms with Gasteiger partial charge in [-0.05, 0) is 26.0 Å². The molecule has 0 aliphatic heterocycles. The molecule has 2 rings (SSSR count). The van der Waals surface area contributed by atoms with Crippen molar-refractivity contribution in [3.05, 3.63) is 53.9 Å². The van der Waals surface area contributed by atoms with E-state index in [0.717, 1.165) is 5.82 Å². The summed E-state index contributed by atoms with van der Waals surface area (Å²) in [6.07, 6.45) is 1.73. The number of hydrogen-bond donors (Lipinski definition) is 0.